The van der Waals surface area contributed by atoms with E-state index in [1.807, 2.05) is 0 Å². The van der Waals surface area contributed by atoms with Gasteiger partial charge in [0.1, 0.15) is 6.04 Å². The first-order valence-corrected chi connectivity index (χ1v) is 10.7. The number of nitrogens with one attached hydrogen (secondary N) is 1. The topological polar surface area (TPSA) is 193 Å². The van der Waals surface area contributed by atoms with Crippen LogP contribution in [0.1, 0.15) is 19.3 Å². The van der Waals surface area contributed by atoms with Crippen molar-refractivity contribution in [1.29, 1.82) is 0 Å². The van der Waals surface area contributed by atoms with Gasteiger partial charge in [0.25, 0.3) is 0 Å². The van der Waals surface area contributed by atoms with Crippen molar-refractivity contribution in [3.63, 3.8) is 0 Å². The van der Waals surface area contributed by atoms with E-state index in [9.17, 15) is 19.2 Å². The maximum absolute atomic E-state index is 11.4. The predicted octanol–water partition coefficient (Wildman–Crippen LogP) is -1.52. The number of rotatable bonds is 13. The zero-order valence-electron chi connectivity index (χ0n) is 13.9. The summed E-state index contributed by atoms with van der Waals surface area (Å²) in [6, 6.07) is -2.53. The van der Waals surface area contributed by atoms with Crippen molar-refractivity contribution in [2.24, 2.45) is 11.5 Å². The Bertz CT molecular complexity index is 471. The molecule has 0 aromatic rings. The summed E-state index contributed by atoms with van der Waals surface area (Å²) in [7, 11) is 0. The molecule has 3 atom stereocenters. The summed E-state index contributed by atoms with van der Waals surface area (Å²) in [6.07, 6.45) is 0.618. The summed E-state index contributed by atoms with van der Waals surface area (Å²) >= 11 is 7.34. The standard InChI is InChI=1S/C9H16N2O5SSe.C4H9NO2S/c10-6(8(13)14)2-1-5(12)4-18-11-7(3-17)9(15)16;5-3(1-2-8)4(6)7/h6-7,11,17H,1-4,10H2,(H,13,14)(H,15,16);3,8H,1-2,5H2,(H,6,7)/t6-,7-;3-/m00/s1. The SMILES string of the molecule is N[C@@H](CCC(=O)C[Se]N[C@@H](CS)C(=O)O)C(=O)O.N[C@@H](CCS)C(=O)O. The second-order valence-electron chi connectivity index (χ2n) is 4.96. The zero-order chi connectivity index (χ0) is 20.7. The van der Waals surface area contributed by atoms with Crippen LogP contribution < -0.4 is 15.8 Å². The molecule has 0 fully saturated rings. The molecule has 0 aliphatic rings. The first kappa shape index (κ1) is 27.4. The van der Waals surface area contributed by atoms with E-state index in [1.165, 1.54) is 0 Å². The number of carbonyl (C=O) groups excluding carboxylic acids is 1. The molecule has 0 bridgehead atoms. The number of ketones is 1. The number of hydrogen-bond donors (Lipinski definition) is 8. The number of aliphatic carboxylic acids is 3. The second kappa shape index (κ2) is 16.4. The molecule has 0 aromatic carbocycles. The normalized spacial score (nSPS) is 13.7. The van der Waals surface area contributed by atoms with Crippen LogP contribution in [0.15, 0.2) is 0 Å². The van der Waals surface area contributed by atoms with Gasteiger partial charge in [-0.15, -0.1) is 0 Å². The maximum atomic E-state index is 11.4. The quantitative estimate of drug-likeness (QED) is 0.114. The molecule has 0 saturated heterocycles. The van der Waals surface area contributed by atoms with Crippen LogP contribution in [0.3, 0.4) is 0 Å². The van der Waals surface area contributed by atoms with Crippen molar-refractivity contribution < 1.29 is 34.5 Å². The van der Waals surface area contributed by atoms with Gasteiger partial charge in [0.2, 0.25) is 0 Å². The van der Waals surface area contributed by atoms with E-state index in [0.717, 1.165) is 0 Å². The maximum Gasteiger partial charge on any atom is 0.320 e. The Balaban J connectivity index is 0. The predicted molar refractivity (Wildman–Crippen MR) is 103 cm³/mol. The molecule has 152 valence electrons. The van der Waals surface area contributed by atoms with Gasteiger partial charge in [0.05, 0.1) is 0 Å². The summed E-state index contributed by atoms with van der Waals surface area (Å²) in [5.74, 6) is -2.55. The molecule has 0 unspecified atom stereocenters. The number of carboxylic acids is 3. The third-order valence-corrected chi connectivity index (χ3v) is 5.30. The summed E-state index contributed by atoms with van der Waals surface area (Å²) < 4.78 is 2.73. The van der Waals surface area contributed by atoms with Crippen LogP contribution in [0.2, 0.25) is 5.32 Å². The van der Waals surface area contributed by atoms with Gasteiger partial charge in [0, 0.05) is 0 Å². The number of Topliss-reactive ketones (excluding diaryl/α,β-unsaturated/α-hetero) is 1. The summed E-state index contributed by atoms with van der Waals surface area (Å²) in [5.41, 5.74) is 10.3. The van der Waals surface area contributed by atoms with Crippen molar-refractivity contribution in [3.8, 4) is 0 Å². The number of nitrogens with two attached hydrogens (primary N) is 2. The first-order valence-electron chi connectivity index (χ1n) is 7.37. The van der Waals surface area contributed by atoms with Crippen LogP contribution in [-0.4, -0.2) is 83.8 Å². The molecule has 26 heavy (non-hydrogen) atoms. The molecule has 0 amide bonds. The van der Waals surface area contributed by atoms with Crippen LogP contribution in [0, 0.1) is 0 Å². The minimum absolute atomic E-state index is 0.0928. The molecule has 0 radical (unpaired) electrons. The minimum atomic E-state index is -1.13. The van der Waals surface area contributed by atoms with Gasteiger partial charge in [0.15, 0.2) is 0 Å². The average Bonchev–Trinajstić information content (AvgIpc) is 2.56. The summed E-state index contributed by atoms with van der Waals surface area (Å²) in [6.45, 7) is 0. The van der Waals surface area contributed by atoms with Crippen LogP contribution in [0.4, 0.5) is 0 Å². The van der Waals surface area contributed by atoms with Gasteiger partial charge in [-0.1, -0.05) is 0 Å². The molecular formula is C13H25N3O7S2Se. The second-order valence-corrected chi connectivity index (χ2v) is 7.48. The van der Waals surface area contributed by atoms with Crippen LogP contribution in [-0.2, 0) is 19.2 Å². The minimum Gasteiger partial charge on any atom is -0.480 e. The Hall–Kier alpha value is -0.821. The van der Waals surface area contributed by atoms with Crippen molar-refractivity contribution in [2.45, 2.75) is 42.7 Å². The molecule has 0 rings (SSSR count). The van der Waals surface area contributed by atoms with Crippen molar-refractivity contribution >= 4 is 64.1 Å². The Morgan fingerprint density at radius 2 is 1.42 bits per heavy atom. The van der Waals surface area contributed by atoms with E-state index >= 15 is 0 Å². The molecule has 13 heteroatoms. The Labute approximate surface area is 168 Å². The van der Waals surface area contributed by atoms with Crippen LogP contribution in [0.5, 0.6) is 0 Å². The van der Waals surface area contributed by atoms with Gasteiger partial charge >= 0.3 is 122 Å². The molecule has 0 aromatic heterocycles. The van der Waals surface area contributed by atoms with Crippen LogP contribution in [0.25, 0.3) is 0 Å². The molecular weight excluding hydrogens is 453 g/mol. The fraction of sp³-hybridized carbons (Fsp3) is 0.692. The third kappa shape index (κ3) is 15.4. The monoisotopic (exact) mass is 479 g/mol. The zero-order valence-corrected chi connectivity index (χ0v) is 17.4. The number of hydrogen-bond acceptors (Lipinski definition) is 9. The van der Waals surface area contributed by atoms with E-state index in [2.05, 4.69) is 29.6 Å². The fourth-order valence-corrected chi connectivity index (χ4v) is 3.59. The van der Waals surface area contributed by atoms with E-state index < -0.39 is 36.0 Å². The number of carboxylic acid groups (broad SMARTS) is 3. The summed E-state index contributed by atoms with van der Waals surface area (Å²) in [4.78, 5) is 42.3. The number of thiol groups is 2. The van der Waals surface area contributed by atoms with Crippen molar-refractivity contribution in [2.75, 3.05) is 11.5 Å². The van der Waals surface area contributed by atoms with Crippen molar-refractivity contribution in [3.05, 3.63) is 0 Å². The van der Waals surface area contributed by atoms with E-state index in [1.54, 1.807) is 0 Å². The Morgan fingerprint density at radius 1 is 0.923 bits per heavy atom. The first-order chi connectivity index (χ1) is 12.1. The van der Waals surface area contributed by atoms with Gasteiger partial charge in [-0.2, -0.15) is 12.6 Å². The van der Waals surface area contributed by atoms with E-state index in [4.69, 9.17) is 26.8 Å². The molecule has 0 aliphatic carbocycles. The summed E-state index contributed by atoms with van der Waals surface area (Å²) in [5, 5.41) is 25.6. The number of carbonyl (C=O) groups is 4. The smallest absolute Gasteiger partial charge is 0.320 e. The van der Waals surface area contributed by atoms with Gasteiger partial charge in [-0.25, -0.2) is 0 Å². The van der Waals surface area contributed by atoms with Crippen molar-refractivity contribution in [1.82, 2.24) is 4.33 Å². The van der Waals surface area contributed by atoms with Gasteiger partial charge in [-0.3, -0.25) is 4.79 Å². The van der Waals surface area contributed by atoms with E-state index in [0.29, 0.717) is 12.2 Å². The molecule has 0 spiro atoms. The fourth-order valence-electron chi connectivity index (χ4n) is 1.16. The van der Waals surface area contributed by atoms with E-state index in [-0.39, 0.29) is 44.9 Å². The Kier molecular flexibility index (Phi) is 17.2. The molecule has 10 nitrogen and oxygen atoms in total. The molecule has 0 heterocycles. The van der Waals surface area contributed by atoms with Crippen LogP contribution >= 0.6 is 25.3 Å². The largest absolute Gasteiger partial charge is 0.480 e. The average molecular weight is 478 g/mol. The molecule has 0 saturated carbocycles. The Morgan fingerprint density at radius 3 is 1.77 bits per heavy atom. The molecule has 0 aliphatic heterocycles. The van der Waals surface area contributed by atoms with Gasteiger partial charge in [-0.05, 0) is 12.2 Å². The van der Waals surface area contributed by atoms with Gasteiger partial charge < -0.3 is 10.8 Å². The third-order valence-electron chi connectivity index (χ3n) is 2.75. The molecule has 8 N–H and O–H groups in total.